The summed E-state index contributed by atoms with van der Waals surface area (Å²) in [5, 5.41) is 14.4. The van der Waals surface area contributed by atoms with Gasteiger partial charge in [0.1, 0.15) is 35.6 Å². The van der Waals surface area contributed by atoms with E-state index in [1.165, 1.54) is 61.4 Å². The molecule has 18 nitrogen and oxygen atoms in total. The maximum atomic E-state index is 15.2. The Morgan fingerprint density at radius 3 is 2.35 bits per heavy atom. The van der Waals surface area contributed by atoms with Gasteiger partial charge in [-0.2, -0.15) is 5.26 Å². The molecule has 1 atom stereocenters. The van der Waals surface area contributed by atoms with Crippen LogP contribution in [-0.4, -0.2) is 113 Å². The summed E-state index contributed by atoms with van der Waals surface area (Å²) >= 11 is 0. The number of hydrogen-bond acceptors (Lipinski definition) is 14. The van der Waals surface area contributed by atoms with Crippen LogP contribution in [0.2, 0.25) is 0 Å². The van der Waals surface area contributed by atoms with Crippen molar-refractivity contribution in [2.45, 2.75) is 56.7 Å². The fourth-order valence-corrected chi connectivity index (χ4v) is 8.73. The fraction of sp³-hybridized carbons (Fsp3) is 0.364. The lowest BCUT2D eigenvalue weighted by Crippen LogP contribution is -2.52. The zero-order chi connectivity index (χ0) is 46.0. The standard InChI is InChI=1S/C44H45F2N11O7S/c1-26(2)65(62,63)53-37-8-6-34(45)41(33(37)21-47)64-30-4-7-36-32(20-30)43(61)57(25-50-36)29-22-48-44(49-23-29)56-17-15-55(16-18-56)40(59)24-54-13-11-27(12-14-54)31-5-3-28(19-35(31)46)51-38-9-10-39(58)52-42(38)60/h3-8,19-20,22-23,25-27,38,51,53H,9-18,24H2,1-2H3,(H,52,58,60)/t38-/m0/s1. The lowest BCUT2D eigenvalue weighted by Gasteiger charge is -2.37. The molecule has 0 saturated carbocycles. The van der Waals surface area contributed by atoms with Crippen molar-refractivity contribution in [3.8, 4) is 23.3 Å². The molecule has 65 heavy (non-hydrogen) atoms. The van der Waals surface area contributed by atoms with E-state index in [-0.39, 0.29) is 58.9 Å². The molecule has 3 amide bonds. The molecule has 0 radical (unpaired) electrons. The first-order valence-corrected chi connectivity index (χ1v) is 22.6. The molecule has 2 aromatic heterocycles. The van der Waals surface area contributed by atoms with E-state index in [2.05, 4.69) is 35.2 Å². The molecule has 3 aliphatic rings. The second-order valence-electron chi connectivity index (χ2n) is 16.4. The third-order valence-corrected chi connectivity index (χ3v) is 13.6. The molecule has 3 aliphatic heterocycles. The van der Waals surface area contributed by atoms with Crippen molar-refractivity contribution < 1.29 is 36.3 Å². The number of anilines is 3. The summed E-state index contributed by atoms with van der Waals surface area (Å²) in [6.07, 6.45) is 6.24. The van der Waals surface area contributed by atoms with Gasteiger partial charge >= 0.3 is 0 Å². The second-order valence-corrected chi connectivity index (χ2v) is 18.6. The zero-order valence-electron chi connectivity index (χ0n) is 35.5. The number of nitriles is 1. The van der Waals surface area contributed by atoms with Gasteiger partial charge < -0.3 is 19.9 Å². The number of nitrogens with one attached hydrogen (secondary N) is 3. The molecule has 0 spiro atoms. The third kappa shape index (κ3) is 9.73. The van der Waals surface area contributed by atoms with Gasteiger partial charge in [-0.1, -0.05) is 6.07 Å². The summed E-state index contributed by atoms with van der Waals surface area (Å²) in [5.74, 6) is -2.11. The normalized spacial score (nSPS) is 17.5. The molecular weight excluding hydrogens is 865 g/mol. The highest BCUT2D eigenvalue weighted by molar-refractivity contribution is 7.93. The molecular formula is C44H45F2N11O7S. The van der Waals surface area contributed by atoms with Crippen molar-refractivity contribution in [1.82, 2.24) is 34.6 Å². The number of amides is 3. The average molecular weight is 910 g/mol. The number of benzene rings is 3. The van der Waals surface area contributed by atoms with E-state index in [9.17, 15) is 32.9 Å². The molecule has 3 fully saturated rings. The number of hydrogen-bond donors (Lipinski definition) is 3. The topological polar surface area (TPSA) is 225 Å². The summed E-state index contributed by atoms with van der Waals surface area (Å²) in [7, 11) is -3.86. The summed E-state index contributed by atoms with van der Waals surface area (Å²) in [4.78, 5) is 69.8. The lowest BCUT2D eigenvalue weighted by atomic mass is 9.89. The first-order valence-electron chi connectivity index (χ1n) is 21.1. The maximum absolute atomic E-state index is 15.2. The van der Waals surface area contributed by atoms with Gasteiger partial charge in [0.25, 0.3) is 5.56 Å². The molecule has 5 aromatic rings. The molecule has 3 aromatic carbocycles. The van der Waals surface area contributed by atoms with Crippen molar-refractivity contribution in [3.05, 3.63) is 100 Å². The number of fused-ring (bicyclic) bond motifs is 1. The first-order chi connectivity index (χ1) is 31.2. The number of imide groups is 1. The molecule has 21 heteroatoms. The number of piperidine rings is 2. The molecule has 0 unspecified atom stereocenters. The van der Waals surface area contributed by atoms with Crippen LogP contribution in [0.4, 0.5) is 26.1 Å². The molecule has 8 rings (SSSR count). The van der Waals surface area contributed by atoms with Crippen LogP contribution >= 0.6 is 0 Å². The minimum absolute atomic E-state index is 0.00108. The Balaban J connectivity index is 0.844. The third-order valence-electron chi connectivity index (χ3n) is 11.8. The first kappa shape index (κ1) is 44.6. The molecule has 3 saturated heterocycles. The number of aromatic nitrogens is 4. The van der Waals surface area contributed by atoms with E-state index < -0.39 is 44.3 Å². The van der Waals surface area contributed by atoms with E-state index in [0.717, 1.165) is 12.1 Å². The van der Waals surface area contributed by atoms with Gasteiger partial charge in [-0.15, -0.1) is 0 Å². The number of ether oxygens (including phenoxy) is 1. The highest BCUT2D eigenvalue weighted by Gasteiger charge is 2.30. The number of nitrogens with zero attached hydrogens (tertiary/aromatic N) is 8. The van der Waals surface area contributed by atoms with Crippen LogP contribution in [0.15, 0.2) is 72.0 Å². The SMILES string of the molecule is CC(C)S(=O)(=O)Nc1ccc(F)c(Oc2ccc3ncn(-c4cnc(N5CCN(C(=O)CN6CCC(c7ccc(N[C@H]8CCC(=O)NC8=O)cc7F)CC6)CC5)nc4)c(=O)c3c2)c1C#N. The van der Waals surface area contributed by atoms with Crippen LogP contribution in [0, 0.1) is 23.0 Å². The Hall–Kier alpha value is -7.05. The lowest BCUT2D eigenvalue weighted by molar-refractivity contribution is -0.134. The summed E-state index contributed by atoms with van der Waals surface area (Å²) in [5.41, 5.74) is 0.675. The number of piperazine rings is 1. The quantitative estimate of drug-likeness (QED) is 0.151. The van der Waals surface area contributed by atoms with Crippen molar-refractivity contribution in [2.75, 3.05) is 60.8 Å². The van der Waals surface area contributed by atoms with Gasteiger partial charge in [0.2, 0.25) is 33.7 Å². The van der Waals surface area contributed by atoms with E-state index in [1.54, 1.807) is 18.2 Å². The van der Waals surface area contributed by atoms with Crippen LogP contribution in [0.25, 0.3) is 16.6 Å². The monoisotopic (exact) mass is 909 g/mol. The molecule has 0 bridgehead atoms. The van der Waals surface area contributed by atoms with Crippen LogP contribution in [0.5, 0.6) is 11.5 Å². The predicted octanol–water partition coefficient (Wildman–Crippen LogP) is 4.01. The summed E-state index contributed by atoms with van der Waals surface area (Å²) < 4.78 is 64.5. The smallest absolute Gasteiger partial charge is 0.266 e. The Morgan fingerprint density at radius 1 is 0.938 bits per heavy atom. The Labute approximate surface area is 372 Å². The van der Waals surface area contributed by atoms with Crippen LogP contribution in [-0.2, 0) is 24.4 Å². The molecule has 338 valence electrons. The van der Waals surface area contributed by atoms with E-state index >= 15 is 8.78 Å². The van der Waals surface area contributed by atoms with E-state index in [1.807, 2.05) is 9.80 Å². The molecule has 3 N–H and O–H groups in total. The van der Waals surface area contributed by atoms with Crippen LogP contribution in [0.1, 0.15) is 56.6 Å². The zero-order valence-corrected chi connectivity index (χ0v) is 36.3. The average Bonchev–Trinajstić information content (AvgIpc) is 3.29. The van der Waals surface area contributed by atoms with Gasteiger partial charge in [0.15, 0.2) is 11.6 Å². The van der Waals surface area contributed by atoms with Gasteiger partial charge in [0, 0.05) is 38.3 Å². The number of sulfonamides is 1. The van der Waals surface area contributed by atoms with Gasteiger partial charge in [0.05, 0.1) is 46.5 Å². The highest BCUT2D eigenvalue weighted by atomic mass is 32.2. The van der Waals surface area contributed by atoms with Crippen molar-refractivity contribution in [3.63, 3.8) is 0 Å². The summed E-state index contributed by atoms with van der Waals surface area (Å²) in [6.45, 7) is 6.34. The predicted molar refractivity (Wildman–Crippen MR) is 235 cm³/mol. The Kier molecular flexibility index (Phi) is 12.7. The number of rotatable bonds is 12. The van der Waals surface area contributed by atoms with E-state index in [4.69, 9.17) is 4.74 Å². The number of carbonyl (C=O) groups excluding carboxylic acids is 3. The van der Waals surface area contributed by atoms with Crippen LogP contribution in [0.3, 0.4) is 0 Å². The number of halogens is 2. The van der Waals surface area contributed by atoms with Crippen molar-refractivity contribution in [2.24, 2.45) is 0 Å². The Morgan fingerprint density at radius 2 is 1.68 bits per heavy atom. The summed E-state index contributed by atoms with van der Waals surface area (Å²) in [6, 6.07) is 12.5. The van der Waals surface area contributed by atoms with Crippen molar-refractivity contribution >= 4 is 56.0 Å². The maximum Gasteiger partial charge on any atom is 0.266 e. The van der Waals surface area contributed by atoms with E-state index in [0.29, 0.717) is 86.9 Å². The Bertz CT molecular complexity index is 2880. The van der Waals surface area contributed by atoms with Gasteiger partial charge in [-0.05, 0) is 100 Å². The second kappa shape index (κ2) is 18.6. The molecule has 5 heterocycles. The minimum Gasteiger partial charge on any atom is -0.453 e. The largest absolute Gasteiger partial charge is 0.453 e. The van der Waals surface area contributed by atoms with Crippen LogP contribution < -0.4 is 30.6 Å². The minimum atomic E-state index is -3.86. The molecule has 0 aliphatic carbocycles. The number of likely N-dealkylation sites (tertiary alicyclic amines) is 1. The van der Waals surface area contributed by atoms with Gasteiger partial charge in [-0.3, -0.25) is 38.7 Å². The van der Waals surface area contributed by atoms with Crippen molar-refractivity contribution in [1.29, 1.82) is 5.26 Å². The number of carbonyl (C=O) groups is 3. The highest BCUT2D eigenvalue weighted by Crippen LogP contribution is 2.35. The fourth-order valence-electron chi connectivity index (χ4n) is 8.02. The van der Waals surface area contributed by atoms with Gasteiger partial charge in [-0.25, -0.2) is 32.2 Å².